The smallest absolute Gasteiger partial charge is 0.127 e. The number of furan rings is 1. The Morgan fingerprint density at radius 2 is 2.43 bits per heavy atom. The van der Waals surface area contributed by atoms with Gasteiger partial charge in [-0.1, -0.05) is 0 Å². The summed E-state index contributed by atoms with van der Waals surface area (Å²) in [6.07, 6.45) is 2.52. The molecule has 0 unspecified atom stereocenters. The molecule has 2 aromatic rings. The van der Waals surface area contributed by atoms with Crippen LogP contribution >= 0.6 is 22.9 Å². The first-order valence-corrected chi connectivity index (χ1v) is 5.77. The lowest BCUT2D eigenvalue weighted by Gasteiger charge is -1.91. The Morgan fingerprint density at radius 3 is 3.07 bits per heavy atom. The maximum absolute atomic E-state index is 5.65. The summed E-state index contributed by atoms with van der Waals surface area (Å²) in [4.78, 5) is 4.48. The van der Waals surface area contributed by atoms with Gasteiger partial charge in [-0.3, -0.25) is 0 Å². The maximum atomic E-state index is 5.65. The van der Waals surface area contributed by atoms with Crippen molar-refractivity contribution in [3.63, 3.8) is 0 Å². The van der Waals surface area contributed by atoms with Crippen LogP contribution in [0.5, 0.6) is 0 Å². The Balaban J connectivity index is 2.29. The van der Waals surface area contributed by atoms with Crippen molar-refractivity contribution in [2.24, 2.45) is 0 Å². The molecule has 0 saturated heterocycles. The highest BCUT2D eigenvalue weighted by atomic mass is 35.5. The van der Waals surface area contributed by atoms with Gasteiger partial charge in [-0.05, 0) is 13.0 Å². The summed E-state index contributed by atoms with van der Waals surface area (Å²) in [5, 5.41) is 3.06. The first-order chi connectivity index (χ1) is 6.81. The molecule has 0 bridgehead atoms. The molecule has 2 rings (SSSR count). The van der Waals surface area contributed by atoms with Gasteiger partial charge in [-0.25, -0.2) is 4.98 Å². The normalized spacial score (nSPS) is 10.7. The predicted octanol–water partition coefficient (Wildman–Crippen LogP) is 3.49. The second-order valence-electron chi connectivity index (χ2n) is 2.97. The Labute approximate surface area is 91.5 Å². The van der Waals surface area contributed by atoms with Crippen LogP contribution in [0.15, 0.2) is 22.1 Å². The zero-order valence-corrected chi connectivity index (χ0v) is 9.36. The molecule has 0 fully saturated rings. The molecule has 74 valence electrons. The molecule has 0 aliphatic carbocycles. The molecule has 2 nitrogen and oxygen atoms in total. The fourth-order valence-electron chi connectivity index (χ4n) is 1.25. The van der Waals surface area contributed by atoms with Crippen LogP contribution in [0.3, 0.4) is 0 Å². The molecule has 0 spiro atoms. The van der Waals surface area contributed by atoms with E-state index in [1.54, 1.807) is 17.6 Å². The number of aromatic nitrogens is 1. The Hall–Kier alpha value is -0.800. The van der Waals surface area contributed by atoms with Gasteiger partial charge in [-0.2, -0.15) is 0 Å². The van der Waals surface area contributed by atoms with Crippen LogP contribution in [-0.2, 0) is 6.42 Å². The van der Waals surface area contributed by atoms with E-state index in [-0.39, 0.29) is 0 Å². The molecule has 0 aliphatic rings. The van der Waals surface area contributed by atoms with E-state index in [0.29, 0.717) is 5.88 Å². The highest BCUT2D eigenvalue weighted by Crippen LogP contribution is 2.27. The number of alkyl halides is 1. The standard InChI is InChI=1S/C10H10ClNOS/c1-7-9(3-5-13-7)10-12-8(2-4-11)6-14-10/h3,5-6H,2,4H2,1H3. The molecule has 2 aromatic heterocycles. The quantitative estimate of drug-likeness (QED) is 0.751. The topological polar surface area (TPSA) is 26.0 Å². The average molecular weight is 228 g/mol. The van der Waals surface area contributed by atoms with Crippen LogP contribution in [0.4, 0.5) is 0 Å². The fourth-order valence-corrected chi connectivity index (χ4v) is 2.37. The number of nitrogens with zero attached hydrogens (tertiary/aromatic N) is 1. The molecule has 0 amide bonds. The van der Waals surface area contributed by atoms with E-state index in [1.807, 2.05) is 18.4 Å². The van der Waals surface area contributed by atoms with Gasteiger partial charge in [-0.15, -0.1) is 22.9 Å². The SMILES string of the molecule is Cc1occc1-c1nc(CCCl)cs1. The van der Waals surface area contributed by atoms with Gasteiger partial charge in [0.25, 0.3) is 0 Å². The lowest BCUT2D eigenvalue weighted by molar-refractivity contribution is 0.535. The number of aryl methyl sites for hydroxylation is 2. The largest absolute Gasteiger partial charge is 0.469 e. The summed E-state index contributed by atoms with van der Waals surface area (Å²) < 4.78 is 5.23. The summed E-state index contributed by atoms with van der Waals surface area (Å²) >= 11 is 7.28. The van der Waals surface area contributed by atoms with Crippen LogP contribution in [0.25, 0.3) is 10.6 Å². The fraction of sp³-hybridized carbons (Fsp3) is 0.300. The summed E-state index contributed by atoms with van der Waals surface area (Å²) in [6.45, 7) is 1.94. The molecule has 4 heteroatoms. The molecule has 0 N–H and O–H groups in total. The first kappa shape index (κ1) is 9.74. The van der Waals surface area contributed by atoms with Crippen molar-refractivity contribution in [1.82, 2.24) is 4.98 Å². The number of halogens is 1. The van der Waals surface area contributed by atoms with E-state index in [4.69, 9.17) is 16.0 Å². The highest BCUT2D eigenvalue weighted by Gasteiger charge is 2.08. The first-order valence-electron chi connectivity index (χ1n) is 4.36. The van der Waals surface area contributed by atoms with E-state index in [0.717, 1.165) is 28.4 Å². The monoisotopic (exact) mass is 227 g/mol. The molecule has 2 heterocycles. The van der Waals surface area contributed by atoms with Gasteiger partial charge in [0, 0.05) is 17.7 Å². The summed E-state index contributed by atoms with van der Waals surface area (Å²) in [5.74, 6) is 1.53. The van der Waals surface area contributed by atoms with Crippen molar-refractivity contribution < 1.29 is 4.42 Å². The highest BCUT2D eigenvalue weighted by molar-refractivity contribution is 7.13. The van der Waals surface area contributed by atoms with E-state index in [1.165, 1.54) is 0 Å². The van der Waals surface area contributed by atoms with Gasteiger partial charge in [0.2, 0.25) is 0 Å². The minimum atomic E-state index is 0.619. The van der Waals surface area contributed by atoms with Gasteiger partial charge in [0.1, 0.15) is 10.8 Å². The van der Waals surface area contributed by atoms with E-state index in [2.05, 4.69) is 4.98 Å². The Morgan fingerprint density at radius 1 is 1.57 bits per heavy atom. The van der Waals surface area contributed by atoms with Crippen LogP contribution in [0.1, 0.15) is 11.5 Å². The lowest BCUT2D eigenvalue weighted by atomic mass is 10.3. The number of hydrogen-bond donors (Lipinski definition) is 0. The summed E-state index contributed by atoms with van der Waals surface area (Å²) in [5.41, 5.74) is 2.14. The lowest BCUT2D eigenvalue weighted by Crippen LogP contribution is -1.85. The van der Waals surface area contributed by atoms with Gasteiger partial charge in [0.05, 0.1) is 17.5 Å². The van der Waals surface area contributed by atoms with Gasteiger partial charge < -0.3 is 4.42 Å². The molecule has 0 aromatic carbocycles. The van der Waals surface area contributed by atoms with E-state index in [9.17, 15) is 0 Å². The molecule has 0 aliphatic heterocycles. The Kier molecular flexibility index (Phi) is 2.89. The third-order valence-corrected chi connectivity index (χ3v) is 3.10. The van der Waals surface area contributed by atoms with Crippen molar-refractivity contribution in [3.05, 3.63) is 29.2 Å². The van der Waals surface area contributed by atoms with E-state index >= 15 is 0 Å². The second kappa shape index (κ2) is 4.15. The predicted molar refractivity (Wildman–Crippen MR) is 59.0 cm³/mol. The molecule has 14 heavy (non-hydrogen) atoms. The zero-order valence-electron chi connectivity index (χ0n) is 7.79. The van der Waals surface area contributed by atoms with Crippen LogP contribution in [0.2, 0.25) is 0 Å². The van der Waals surface area contributed by atoms with Crippen molar-refractivity contribution in [2.45, 2.75) is 13.3 Å². The van der Waals surface area contributed by atoms with Crippen molar-refractivity contribution >= 4 is 22.9 Å². The third kappa shape index (κ3) is 1.83. The molecule has 0 radical (unpaired) electrons. The molecule has 0 saturated carbocycles. The van der Waals surface area contributed by atoms with Crippen molar-refractivity contribution in [2.75, 3.05) is 5.88 Å². The number of hydrogen-bond acceptors (Lipinski definition) is 3. The van der Waals surface area contributed by atoms with Crippen molar-refractivity contribution in [3.8, 4) is 10.6 Å². The third-order valence-electron chi connectivity index (χ3n) is 1.99. The second-order valence-corrected chi connectivity index (χ2v) is 4.21. The zero-order chi connectivity index (χ0) is 9.97. The number of rotatable bonds is 3. The minimum absolute atomic E-state index is 0.619. The van der Waals surface area contributed by atoms with Gasteiger partial charge >= 0.3 is 0 Å². The molecular weight excluding hydrogens is 218 g/mol. The Bertz CT molecular complexity index is 421. The van der Waals surface area contributed by atoms with Crippen LogP contribution in [0, 0.1) is 6.92 Å². The number of thiazole rings is 1. The van der Waals surface area contributed by atoms with Crippen LogP contribution in [-0.4, -0.2) is 10.9 Å². The average Bonchev–Trinajstić information content (AvgIpc) is 2.74. The van der Waals surface area contributed by atoms with Crippen molar-refractivity contribution in [1.29, 1.82) is 0 Å². The minimum Gasteiger partial charge on any atom is -0.469 e. The van der Waals surface area contributed by atoms with Gasteiger partial charge in [0.15, 0.2) is 0 Å². The summed E-state index contributed by atoms with van der Waals surface area (Å²) in [7, 11) is 0. The van der Waals surface area contributed by atoms with E-state index < -0.39 is 0 Å². The molecular formula is C10H10ClNOS. The molecule has 0 atom stereocenters. The summed E-state index contributed by atoms with van der Waals surface area (Å²) in [6, 6.07) is 1.94. The van der Waals surface area contributed by atoms with Crippen LogP contribution < -0.4 is 0 Å². The maximum Gasteiger partial charge on any atom is 0.127 e.